The SMILES string of the molecule is CN(C)CCNC(=O)c1ccn(-c2cc(C(=O)O)ccc2NC(=O)c2coc(-c3ccnc(N(CC(F)(F)F)C(=O)OC(C)(C)C)c3)n2)n1. The Kier molecular flexibility index (Phi) is 10.7. The Hall–Kier alpha value is -5.78. The van der Waals surface area contributed by atoms with Crippen LogP contribution in [0.3, 0.4) is 0 Å². The summed E-state index contributed by atoms with van der Waals surface area (Å²) in [6, 6.07) is 7.74. The standard InChI is InChI=1S/C31H33F3N8O7/c1-30(2,3)49-29(47)41(17-31(32,33)34)24-15-18(8-10-35-24)27-38-22(16-48-27)26(44)37-20-7-6-19(28(45)46)14-23(20)42-12-9-21(39-42)25(43)36-11-13-40(4)5/h6-10,12,14-16H,11,13,17H2,1-5H3,(H,36,43)(H,37,44)(H,45,46). The number of anilines is 2. The Morgan fingerprint density at radius 1 is 1.02 bits per heavy atom. The van der Waals surface area contributed by atoms with Crippen LogP contribution in [0.1, 0.15) is 52.1 Å². The fraction of sp³-hybridized carbons (Fsp3) is 0.323. The molecule has 0 atom stereocenters. The number of aromatic carboxylic acids is 1. The van der Waals surface area contributed by atoms with Crippen molar-refractivity contribution in [2.24, 2.45) is 0 Å². The number of pyridine rings is 1. The Bertz CT molecular complexity index is 1850. The van der Waals surface area contributed by atoms with Crippen molar-refractivity contribution in [3.8, 4) is 17.1 Å². The maximum Gasteiger partial charge on any atom is 0.416 e. The normalized spacial score (nSPS) is 11.7. The molecule has 0 spiro atoms. The summed E-state index contributed by atoms with van der Waals surface area (Å²) in [5.41, 5.74) is -1.08. The molecular formula is C31H33F3N8O7. The molecule has 260 valence electrons. The predicted octanol–water partition coefficient (Wildman–Crippen LogP) is 4.47. The van der Waals surface area contributed by atoms with Crippen molar-refractivity contribution in [1.82, 2.24) is 30.0 Å². The quantitative estimate of drug-likeness (QED) is 0.202. The van der Waals surface area contributed by atoms with Crippen molar-refractivity contribution in [1.29, 1.82) is 0 Å². The largest absolute Gasteiger partial charge is 0.478 e. The number of carbonyl (C=O) groups is 4. The van der Waals surface area contributed by atoms with Gasteiger partial charge in [-0.2, -0.15) is 18.3 Å². The van der Waals surface area contributed by atoms with Gasteiger partial charge in [0, 0.05) is 31.0 Å². The van der Waals surface area contributed by atoms with Crippen LogP contribution in [-0.4, -0.2) is 99.1 Å². The summed E-state index contributed by atoms with van der Waals surface area (Å²) in [5.74, 6) is -3.08. The van der Waals surface area contributed by atoms with Gasteiger partial charge < -0.3 is 29.8 Å². The number of nitrogens with zero attached hydrogens (tertiary/aromatic N) is 6. The third-order valence-corrected chi connectivity index (χ3v) is 6.36. The van der Waals surface area contributed by atoms with E-state index >= 15 is 0 Å². The average molecular weight is 687 g/mol. The Labute approximate surface area is 277 Å². The number of aromatic nitrogens is 4. The molecule has 0 radical (unpaired) electrons. The second-order valence-electron chi connectivity index (χ2n) is 11.8. The van der Waals surface area contributed by atoms with Crippen molar-refractivity contribution in [2.75, 3.05) is 43.9 Å². The molecule has 4 aromatic rings. The lowest BCUT2D eigenvalue weighted by atomic mass is 10.1. The Balaban J connectivity index is 1.58. The fourth-order valence-corrected chi connectivity index (χ4v) is 4.15. The summed E-state index contributed by atoms with van der Waals surface area (Å²) < 4.78 is 51.9. The number of nitrogens with one attached hydrogen (secondary N) is 2. The second kappa shape index (κ2) is 14.5. The molecule has 0 aliphatic heterocycles. The van der Waals surface area contributed by atoms with Gasteiger partial charge in [-0.3, -0.25) is 14.5 Å². The van der Waals surface area contributed by atoms with Gasteiger partial charge in [0.05, 0.1) is 16.9 Å². The first-order valence-corrected chi connectivity index (χ1v) is 14.6. The average Bonchev–Trinajstić information content (AvgIpc) is 3.70. The highest BCUT2D eigenvalue weighted by molar-refractivity contribution is 6.04. The molecule has 0 saturated heterocycles. The number of carbonyl (C=O) groups excluding carboxylic acids is 3. The highest BCUT2D eigenvalue weighted by Gasteiger charge is 2.36. The van der Waals surface area contributed by atoms with Gasteiger partial charge in [-0.25, -0.2) is 24.2 Å². The lowest BCUT2D eigenvalue weighted by Gasteiger charge is -2.27. The molecule has 15 nitrogen and oxygen atoms in total. The molecule has 3 aromatic heterocycles. The molecule has 3 amide bonds. The second-order valence-corrected chi connectivity index (χ2v) is 11.8. The molecule has 0 unspecified atom stereocenters. The highest BCUT2D eigenvalue weighted by atomic mass is 19.4. The molecular weight excluding hydrogens is 653 g/mol. The minimum Gasteiger partial charge on any atom is -0.478 e. The van der Waals surface area contributed by atoms with Crippen LogP contribution in [0, 0.1) is 0 Å². The Morgan fingerprint density at radius 2 is 1.76 bits per heavy atom. The van der Waals surface area contributed by atoms with Gasteiger partial charge >= 0.3 is 18.2 Å². The zero-order valence-electron chi connectivity index (χ0n) is 27.0. The predicted molar refractivity (Wildman–Crippen MR) is 169 cm³/mol. The number of carboxylic acid groups (broad SMARTS) is 1. The number of oxazole rings is 1. The van der Waals surface area contributed by atoms with E-state index in [0.717, 1.165) is 18.5 Å². The molecule has 0 fully saturated rings. The van der Waals surface area contributed by atoms with Crippen molar-refractivity contribution < 1.29 is 46.6 Å². The van der Waals surface area contributed by atoms with Gasteiger partial charge in [-0.05, 0) is 71.3 Å². The van der Waals surface area contributed by atoms with E-state index < -0.39 is 48.0 Å². The van der Waals surface area contributed by atoms with Crippen molar-refractivity contribution in [2.45, 2.75) is 32.5 Å². The first kappa shape index (κ1) is 36.1. The lowest BCUT2D eigenvalue weighted by Crippen LogP contribution is -2.42. The van der Waals surface area contributed by atoms with Gasteiger partial charge in [0.15, 0.2) is 11.4 Å². The zero-order valence-corrected chi connectivity index (χ0v) is 27.0. The molecule has 3 N–H and O–H groups in total. The van der Waals surface area contributed by atoms with E-state index in [-0.39, 0.29) is 39.8 Å². The minimum absolute atomic E-state index is 0.0510. The third kappa shape index (κ3) is 9.86. The van der Waals surface area contributed by atoms with Gasteiger partial charge in [0.2, 0.25) is 5.89 Å². The number of alkyl halides is 3. The van der Waals surface area contributed by atoms with Crippen molar-refractivity contribution >= 4 is 35.4 Å². The molecule has 3 heterocycles. The van der Waals surface area contributed by atoms with Crippen molar-refractivity contribution in [3.05, 3.63) is 72.0 Å². The van der Waals surface area contributed by atoms with Crippen LogP contribution >= 0.6 is 0 Å². The number of hydrogen-bond donors (Lipinski definition) is 3. The van der Waals surface area contributed by atoms with Crippen molar-refractivity contribution in [3.63, 3.8) is 0 Å². The van der Waals surface area contributed by atoms with E-state index in [4.69, 9.17) is 9.15 Å². The molecule has 0 bridgehead atoms. The van der Waals surface area contributed by atoms with Gasteiger partial charge in [0.25, 0.3) is 11.8 Å². The highest BCUT2D eigenvalue weighted by Crippen LogP contribution is 2.28. The fourth-order valence-electron chi connectivity index (χ4n) is 4.15. The zero-order chi connectivity index (χ0) is 36.1. The van der Waals surface area contributed by atoms with Gasteiger partial charge in [-0.15, -0.1) is 0 Å². The first-order valence-electron chi connectivity index (χ1n) is 14.6. The summed E-state index contributed by atoms with van der Waals surface area (Å²) >= 11 is 0. The summed E-state index contributed by atoms with van der Waals surface area (Å²) in [4.78, 5) is 60.4. The maximum atomic E-state index is 13.4. The van der Waals surface area contributed by atoms with Gasteiger partial charge in [-0.1, -0.05) is 0 Å². The molecule has 4 rings (SSSR count). The van der Waals surface area contributed by atoms with Gasteiger partial charge in [0.1, 0.15) is 24.2 Å². The van der Waals surface area contributed by atoms with Crippen LogP contribution in [0.2, 0.25) is 0 Å². The van der Waals surface area contributed by atoms with E-state index in [0.29, 0.717) is 18.0 Å². The number of ether oxygens (including phenoxy) is 1. The molecule has 0 saturated carbocycles. The number of carboxylic acids is 1. The van der Waals surface area contributed by atoms with E-state index in [9.17, 15) is 37.5 Å². The minimum atomic E-state index is -4.78. The number of amides is 3. The first-order chi connectivity index (χ1) is 22.9. The molecule has 0 aliphatic rings. The topological polar surface area (TPSA) is 185 Å². The van der Waals surface area contributed by atoms with Crippen LogP contribution in [0.15, 0.2) is 59.5 Å². The summed E-state index contributed by atoms with van der Waals surface area (Å²) in [6.45, 7) is 3.79. The smallest absolute Gasteiger partial charge is 0.416 e. The third-order valence-electron chi connectivity index (χ3n) is 6.36. The van der Waals surface area contributed by atoms with E-state index in [1.165, 1.54) is 62.0 Å². The lowest BCUT2D eigenvalue weighted by molar-refractivity contribution is -0.119. The molecule has 49 heavy (non-hydrogen) atoms. The molecule has 18 heteroatoms. The molecule has 0 aliphatic carbocycles. The number of hydrogen-bond acceptors (Lipinski definition) is 10. The number of rotatable bonds is 11. The van der Waals surface area contributed by atoms with E-state index in [1.807, 2.05) is 19.0 Å². The number of benzene rings is 1. The molecule has 1 aromatic carbocycles. The van der Waals surface area contributed by atoms with E-state index in [1.54, 1.807) is 0 Å². The van der Waals surface area contributed by atoms with Crippen LogP contribution in [-0.2, 0) is 4.74 Å². The van der Waals surface area contributed by atoms with Crippen LogP contribution < -0.4 is 15.5 Å². The monoisotopic (exact) mass is 686 g/mol. The van der Waals surface area contributed by atoms with Crippen LogP contribution in [0.25, 0.3) is 17.1 Å². The maximum absolute atomic E-state index is 13.4. The van der Waals surface area contributed by atoms with E-state index in [2.05, 4.69) is 25.7 Å². The van der Waals surface area contributed by atoms with Crippen LogP contribution in [0.5, 0.6) is 0 Å². The summed E-state index contributed by atoms with van der Waals surface area (Å²) in [7, 11) is 3.70. The van der Waals surface area contributed by atoms with Crippen LogP contribution in [0.4, 0.5) is 29.5 Å². The summed E-state index contributed by atoms with van der Waals surface area (Å²) in [6.07, 6.45) is -2.49. The summed E-state index contributed by atoms with van der Waals surface area (Å²) in [5, 5.41) is 19.1. The number of halogens is 3. The number of likely N-dealkylation sites (N-methyl/N-ethyl adjacent to an activating group) is 1. The Morgan fingerprint density at radius 3 is 2.41 bits per heavy atom.